The Labute approximate surface area is 129 Å². The van der Waals surface area contributed by atoms with Gasteiger partial charge in [0.25, 0.3) is 0 Å². The zero-order valence-electron chi connectivity index (χ0n) is 13.1. The molecular formula is C17H20N2O3. The molecule has 0 atom stereocenters. The van der Waals surface area contributed by atoms with Crippen molar-refractivity contribution in [2.75, 3.05) is 31.7 Å². The molecule has 5 heteroatoms. The van der Waals surface area contributed by atoms with E-state index in [1.165, 1.54) is 7.11 Å². The molecule has 0 amide bonds. The van der Waals surface area contributed by atoms with Crippen molar-refractivity contribution in [1.29, 1.82) is 0 Å². The van der Waals surface area contributed by atoms with Gasteiger partial charge in [0.15, 0.2) is 0 Å². The number of nitrogens with zero attached hydrogens (tertiary/aromatic N) is 2. The third-order valence-corrected chi connectivity index (χ3v) is 4.04. The van der Waals surface area contributed by atoms with Crippen LogP contribution in [0.5, 0.6) is 0 Å². The van der Waals surface area contributed by atoms with Crippen LogP contribution in [-0.2, 0) is 9.47 Å². The summed E-state index contributed by atoms with van der Waals surface area (Å²) in [6.07, 6.45) is 1.63. The lowest BCUT2D eigenvalue weighted by molar-refractivity contribution is -0.0445. The summed E-state index contributed by atoms with van der Waals surface area (Å²) in [6, 6.07) is 7.66. The second-order valence-electron chi connectivity index (χ2n) is 5.79. The first kappa shape index (κ1) is 14.8. The van der Waals surface area contributed by atoms with Crippen molar-refractivity contribution in [2.24, 2.45) is 0 Å². The van der Waals surface area contributed by atoms with Gasteiger partial charge in [-0.25, -0.2) is 4.79 Å². The summed E-state index contributed by atoms with van der Waals surface area (Å²) < 4.78 is 10.6. The van der Waals surface area contributed by atoms with Crippen molar-refractivity contribution in [3.8, 4) is 0 Å². The van der Waals surface area contributed by atoms with Crippen LogP contribution in [0.2, 0.25) is 0 Å². The summed E-state index contributed by atoms with van der Waals surface area (Å²) in [5.74, 6) is -0.340. The van der Waals surface area contributed by atoms with Gasteiger partial charge in [-0.3, -0.25) is 4.98 Å². The number of hydrogen-bond donors (Lipinski definition) is 0. The van der Waals surface area contributed by atoms with Crippen molar-refractivity contribution in [3.05, 3.63) is 36.0 Å². The molecule has 0 aliphatic carbocycles. The van der Waals surface area contributed by atoms with E-state index >= 15 is 0 Å². The summed E-state index contributed by atoms with van der Waals surface area (Å²) in [6.45, 7) is 6.55. The molecule has 0 bridgehead atoms. The quantitative estimate of drug-likeness (QED) is 0.813. The molecule has 0 radical (unpaired) electrons. The van der Waals surface area contributed by atoms with Crippen molar-refractivity contribution in [2.45, 2.75) is 19.4 Å². The standard InChI is InChI=1S/C17H20N2O3/c1-4-22-17(2)10-19(11-17)12-5-6-15-14(9-12)13(7-8-18-15)16(20)21-3/h5-9H,4,10-11H2,1-3H3. The SMILES string of the molecule is CCOC1(C)CN(c2ccc3nccc(C(=O)OC)c3c2)C1. The summed E-state index contributed by atoms with van der Waals surface area (Å²) in [5, 5.41) is 0.817. The van der Waals surface area contributed by atoms with Crippen LogP contribution < -0.4 is 4.90 Å². The highest BCUT2D eigenvalue weighted by atomic mass is 16.5. The Morgan fingerprint density at radius 2 is 2.14 bits per heavy atom. The van der Waals surface area contributed by atoms with Crippen molar-refractivity contribution >= 4 is 22.6 Å². The summed E-state index contributed by atoms with van der Waals surface area (Å²) in [4.78, 5) is 18.4. The minimum absolute atomic E-state index is 0.0795. The van der Waals surface area contributed by atoms with Crippen molar-refractivity contribution in [1.82, 2.24) is 4.98 Å². The first-order chi connectivity index (χ1) is 10.6. The molecule has 0 N–H and O–H groups in total. The fourth-order valence-corrected chi connectivity index (χ4v) is 3.00. The van der Waals surface area contributed by atoms with Crippen LogP contribution in [0.3, 0.4) is 0 Å². The Kier molecular flexibility index (Phi) is 3.74. The third kappa shape index (κ3) is 2.52. The second-order valence-corrected chi connectivity index (χ2v) is 5.79. The second kappa shape index (κ2) is 5.57. The lowest BCUT2D eigenvalue weighted by atomic mass is 9.95. The number of carbonyl (C=O) groups excluding carboxylic acids is 1. The van der Waals surface area contributed by atoms with E-state index in [0.29, 0.717) is 5.56 Å². The number of fused-ring (bicyclic) bond motifs is 1. The third-order valence-electron chi connectivity index (χ3n) is 4.04. The lowest BCUT2D eigenvalue weighted by Crippen LogP contribution is -2.61. The molecule has 3 rings (SSSR count). The molecule has 0 unspecified atom stereocenters. The number of carbonyl (C=O) groups is 1. The maximum atomic E-state index is 11.9. The molecule has 1 fully saturated rings. The Hall–Kier alpha value is -2.14. The van der Waals surface area contributed by atoms with Gasteiger partial charge in [0.1, 0.15) is 5.60 Å². The fourth-order valence-electron chi connectivity index (χ4n) is 3.00. The molecule has 116 valence electrons. The van der Waals surface area contributed by atoms with E-state index in [9.17, 15) is 4.79 Å². The highest BCUT2D eigenvalue weighted by molar-refractivity contribution is 6.04. The fraction of sp³-hybridized carbons (Fsp3) is 0.412. The van der Waals surface area contributed by atoms with Crippen LogP contribution in [0.15, 0.2) is 30.5 Å². The summed E-state index contributed by atoms with van der Waals surface area (Å²) in [5.41, 5.74) is 2.33. The van der Waals surface area contributed by atoms with Crippen LogP contribution in [0, 0.1) is 0 Å². The van der Waals surface area contributed by atoms with Crippen LogP contribution >= 0.6 is 0 Å². The minimum atomic E-state index is -0.340. The number of methoxy groups -OCH3 is 1. The van der Waals surface area contributed by atoms with Crippen LogP contribution in [0.25, 0.3) is 10.9 Å². The van der Waals surface area contributed by atoms with E-state index in [1.807, 2.05) is 25.1 Å². The molecule has 1 aliphatic heterocycles. The molecule has 1 aromatic heterocycles. The van der Waals surface area contributed by atoms with Gasteiger partial charge < -0.3 is 14.4 Å². The number of ether oxygens (including phenoxy) is 2. The minimum Gasteiger partial charge on any atom is -0.465 e. The van der Waals surface area contributed by atoms with Gasteiger partial charge in [-0.2, -0.15) is 0 Å². The molecular weight excluding hydrogens is 280 g/mol. The molecule has 1 aromatic carbocycles. The number of esters is 1. The molecule has 1 aliphatic rings. The first-order valence-electron chi connectivity index (χ1n) is 7.42. The normalized spacial score (nSPS) is 16.4. The molecule has 2 aromatic rings. The number of anilines is 1. The summed E-state index contributed by atoms with van der Waals surface area (Å²) >= 11 is 0. The van der Waals surface area contributed by atoms with Crippen molar-refractivity contribution in [3.63, 3.8) is 0 Å². The maximum absolute atomic E-state index is 11.9. The van der Waals surface area contributed by atoms with Gasteiger partial charge in [-0.1, -0.05) is 0 Å². The van der Waals surface area contributed by atoms with E-state index < -0.39 is 0 Å². The van der Waals surface area contributed by atoms with E-state index in [2.05, 4.69) is 16.8 Å². The number of hydrogen-bond acceptors (Lipinski definition) is 5. The topological polar surface area (TPSA) is 51.7 Å². The van der Waals surface area contributed by atoms with Crippen LogP contribution in [0.4, 0.5) is 5.69 Å². The van der Waals surface area contributed by atoms with E-state index in [0.717, 1.165) is 36.3 Å². The van der Waals surface area contributed by atoms with Crippen LogP contribution in [0.1, 0.15) is 24.2 Å². The average molecular weight is 300 g/mol. The monoisotopic (exact) mass is 300 g/mol. The van der Waals surface area contributed by atoms with Gasteiger partial charge in [0.2, 0.25) is 0 Å². The lowest BCUT2D eigenvalue weighted by Gasteiger charge is -2.48. The van der Waals surface area contributed by atoms with E-state index in [-0.39, 0.29) is 11.6 Å². The number of aromatic nitrogens is 1. The van der Waals surface area contributed by atoms with Gasteiger partial charge in [-0.05, 0) is 38.1 Å². The van der Waals surface area contributed by atoms with Gasteiger partial charge >= 0.3 is 5.97 Å². The van der Waals surface area contributed by atoms with E-state index in [4.69, 9.17) is 9.47 Å². The zero-order valence-corrected chi connectivity index (χ0v) is 13.1. The predicted molar refractivity (Wildman–Crippen MR) is 85.3 cm³/mol. The Morgan fingerprint density at radius 1 is 1.36 bits per heavy atom. The van der Waals surface area contributed by atoms with Crippen LogP contribution in [-0.4, -0.2) is 43.4 Å². The molecule has 0 spiro atoms. The van der Waals surface area contributed by atoms with Crippen molar-refractivity contribution < 1.29 is 14.3 Å². The predicted octanol–water partition coefficient (Wildman–Crippen LogP) is 2.64. The number of pyridine rings is 1. The highest BCUT2D eigenvalue weighted by Crippen LogP contribution is 2.32. The molecule has 2 heterocycles. The maximum Gasteiger partial charge on any atom is 0.338 e. The molecule has 0 saturated carbocycles. The smallest absolute Gasteiger partial charge is 0.338 e. The zero-order chi connectivity index (χ0) is 15.7. The Morgan fingerprint density at radius 3 is 2.82 bits per heavy atom. The molecule has 5 nitrogen and oxygen atoms in total. The van der Waals surface area contributed by atoms with Gasteiger partial charge in [-0.15, -0.1) is 0 Å². The molecule has 22 heavy (non-hydrogen) atoms. The van der Waals surface area contributed by atoms with Gasteiger partial charge in [0, 0.05) is 37.0 Å². The first-order valence-corrected chi connectivity index (χ1v) is 7.42. The van der Waals surface area contributed by atoms with E-state index in [1.54, 1.807) is 12.3 Å². The average Bonchev–Trinajstić information content (AvgIpc) is 2.51. The largest absolute Gasteiger partial charge is 0.465 e. The molecule has 1 saturated heterocycles. The number of benzene rings is 1. The van der Waals surface area contributed by atoms with Gasteiger partial charge in [0.05, 0.1) is 18.2 Å². The highest BCUT2D eigenvalue weighted by Gasteiger charge is 2.39. The Balaban J connectivity index is 1.92. The Bertz CT molecular complexity index is 708. The number of rotatable bonds is 4. The summed E-state index contributed by atoms with van der Waals surface area (Å²) in [7, 11) is 1.39.